The molecule has 0 bridgehead atoms. The van der Waals surface area contributed by atoms with Crippen LogP contribution in [0.4, 0.5) is 4.79 Å². The van der Waals surface area contributed by atoms with Crippen LogP contribution in [0.25, 0.3) is 11.0 Å². The second kappa shape index (κ2) is 6.10. The Labute approximate surface area is 139 Å². The minimum atomic E-state index is 0.0221. The van der Waals surface area contributed by atoms with Gasteiger partial charge in [0, 0.05) is 32.2 Å². The first kappa shape index (κ1) is 14.9. The number of nitrogens with zero attached hydrogens (tertiary/aromatic N) is 5. The van der Waals surface area contributed by atoms with E-state index in [0.717, 1.165) is 37.0 Å². The van der Waals surface area contributed by atoms with Crippen LogP contribution in [-0.2, 0) is 11.3 Å². The van der Waals surface area contributed by atoms with Gasteiger partial charge in [-0.2, -0.15) is 0 Å². The molecule has 4 rings (SSSR count). The van der Waals surface area contributed by atoms with Crippen molar-refractivity contribution in [3.8, 4) is 0 Å². The molecule has 2 aliphatic heterocycles. The summed E-state index contributed by atoms with van der Waals surface area (Å²) in [5.41, 5.74) is 1.67. The second-order valence-electron chi connectivity index (χ2n) is 6.27. The molecule has 126 valence electrons. The maximum Gasteiger partial charge on any atom is 0.317 e. The largest absolute Gasteiger partial charge is 0.341 e. The quantitative estimate of drug-likeness (QED) is 0.886. The molecular weight excluding hydrogens is 308 g/mol. The Bertz CT molecular complexity index is 765. The molecule has 3 amide bonds. The predicted octanol–water partition coefficient (Wildman–Crippen LogP) is 0.448. The number of carbonyl (C=O) groups is 2. The molecule has 24 heavy (non-hydrogen) atoms. The average molecular weight is 328 g/mol. The lowest BCUT2D eigenvalue weighted by molar-refractivity contribution is -0.133. The van der Waals surface area contributed by atoms with E-state index in [0.29, 0.717) is 13.1 Å². The molecule has 0 unspecified atom stereocenters. The van der Waals surface area contributed by atoms with Crippen LogP contribution in [0.5, 0.6) is 0 Å². The summed E-state index contributed by atoms with van der Waals surface area (Å²) in [4.78, 5) is 28.0. The molecular formula is C16H20N6O2. The highest BCUT2D eigenvalue weighted by atomic mass is 16.2. The monoisotopic (exact) mass is 328 g/mol. The van der Waals surface area contributed by atoms with Gasteiger partial charge in [-0.3, -0.25) is 4.79 Å². The molecule has 0 radical (unpaired) electrons. The van der Waals surface area contributed by atoms with Gasteiger partial charge in [-0.1, -0.05) is 17.3 Å². The van der Waals surface area contributed by atoms with Crippen molar-refractivity contribution in [2.75, 3.05) is 26.2 Å². The molecule has 2 aliphatic rings. The van der Waals surface area contributed by atoms with E-state index in [9.17, 15) is 9.59 Å². The molecule has 0 saturated carbocycles. The highest BCUT2D eigenvalue weighted by molar-refractivity contribution is 5.80. The Kier molecular flexibility index (Phi) is 3.79. The van der Waals surface area contributed by atoms with E-state index < -0.39 is 0 Å². The molecule has 8 heteroatoms. The van der Waals surface area contributed by atoms with Crippen molar-refractivity contribution in [2.24, 2.45) is 0 Å². The molecule has 0 atom stereocenters. The van der Waals surface area contributed by atoms with Gasteiger partial charge in [0.25, 0.3) is 0 Å². The van der Waals surface area contributed by atoms with Crippen molar-refractivity contribution in [1.29, 1.82) is 0 Å². The van der Waals surface area contributed by atoms with Gasteiger partial charge in [-0.05, 0) is 25.0 Å². The number of likely N-dealkylation sites (tertiary alicyclic amines) is 1. The fourth-order valence-corrected chi connectivity index (χ4v) is 3.52. The first-order valence-electron chi connectivity index (χ1n) is 8.33. The van der Waals surface area contributed by atoms with Gasteiger partial charge in [0.15, 0.2) is 0 Å². The van der Waals surface area contributed by atoms with Crippen LogP contribution in [0.2, 0.25) is 0 Å². The number of fused-ring (bicyclic) bond motifs is 1. The number of para-hydroxylation sites is 1. The summed E-state index contributed by atoms with van der Waals surface area (Å²) >= 11 is 0. The number of hydrogen-bond acceptors (Lipinski definition) is 4. The number of piperidine rings is 1. The van der Waals surface area contributed by atoms with E-state index >= 15 is 0 Å². The summed E-state index contributed by atoms with van der Waals surface area (Å²) in [6.45, 7) is 3.05. The highest BCUT2D eigenvalue weighted by Gasteiger charge is 2.31. The van der Waals surface area contributed by atoms with Crippen molar-refractivity contribution < 1.29 is 9.59 Å². The third-order valence-corrected chi connectivity index (χ3v) is 4.85. The summed E-state index contributed by atoms with van der Waals surface area (Å²) in [5, 5.41) is 11.0. The lowest BCUT2D eigenvalue weighted by atomic mass is 10.0. The average Bonchev–Trinajstić information content (AvgIpc) is 3.22. The third kappa shape index (κ3) is 2.68. The van der Waals surface area contributed by atoms with E-state index in [1.54, 1.807) is 4.68 Å². The van der Waals surface area contributed by atoms with Crippen LogP contribution in [-0.4, -0.2) is 69.0 Å². The Morgan fingerprint density at radius 3 is 2.75 bits per heavy atom. The fourth-order valence-electron chi connectivity index (χ4n) is 3.52. The zero-order valence-electron chi connectivity index (χ0n) is 13.4. The van der Waals surface area contributed by atoms with Crippen molar-refractivity contribution in [3.63, 3.8) is 0 Å². The topological polar surface area (TPSA) is 83.4 Å². The summed E-state index contributed by atoms with van der Waals surface area (Å²) < 4.78 is 1.65. The van der Waals surface area contributed by atoms with E-state index in [4.69, 9.17) is 0 Å². The molecule has 1 N–H and O–H groups in total. The molecule has 2 aromatic rings. The maximum atomic E-state index is 12.5. The minimum absolute atomic E-state index is 0.0221. The molecule has 1 aromatic heterocycles. The van der Waals surface area contributed by atoms with Gasteiger partial charge in [0.1, 0.15) is 12.1 Å². The number of aromatic nitrogens is 3. The zero-order chi connectivity index (χ0) is 16.5. The van der Waals surface area contributed by atoms with Gasteiger partial charge in [0.2, 0.25) is 5.91 Å². The Hall–Kier alpha value is -2.64. The van der Waals surface area contributed by atoms with E-state index in [-0.39, 0.29) is 24.5 Å². The molecule has 0 spiro atoms. The van der Waals surface area contributed by atoms with Crippen LogP contribution in [0.3, 0.4) is 0 Å². The van der Waals surface area contributed by atoms with Gasteiger partial charge in [-0.25, -0.2) is 9.48 Å². The normalized spacial score (nSPS) is 19.1. The first-order chi connectivity index (χ1) is 11.7. The minimum Gasteiger partial charge on any atom is -0.341 e. The SMILES string of the molecule is O=C(Cn1nnc2ccccc21)N1CCC(N2CCNC2=O)CC1. The zero-order valence-corrected chi connectivity index (χ0v) is 13.4. The van der Waals surface area contributed by atoms with Crippen LogP contribution in [0.1, 0.15) is 12.8 Å². The molecule has 1 aromatic carbocycles. The highest BCUT2D eigenvalue weighted by Crippen LogP contribution is 2.19. The Morgan fingerprint density at radius 2 is 2.00 bits per heavy atom. The number of benzene rings is 1. The number of carbonyl (C=O) groups excluding carboxylic acids is 2. The summed E-state index contributed by atoms with van der Waals surface area (Å²) in [5.74, 6) is 0.0509. The second-order valence-corrected chi connectivity index (χ2v) is 6.27. The molecule has 2 saturated heterocycles. The standard InChI is InChI=1S/C16H20N6O2/c23-15(11-22-14-4-2-1-3-13(14)18-19-22)20-8-5-12(6-9-20)21-10-7-17-16(21)24/h1-4,12H,5-11H2,(H,17,24). The van der Waals surface area contributed by atoms with Gasteiger partial charge in [-0.15, -0.1) is 5.10 Å². The van der Waals surface area contributed by atoms with Crippen LogP contribution in [0, 0.1) is 0 Å². The van der Waals surface area contributed by atoms with Crippen molar-refractivity contribution in [2.45, 2.75) is 25.4 Å². The van der Waals surface area contributed by atoms with Gasteiger partial charge < -0.3 is 15.1 Å². The van der Waals surface area contributed by atoms with Crippen LogP contribution < -0.4 is 5.32 Å². The van der Waals surface area contributed by atoms with Crippen molar-refractivity contribution in [1.82, 2.24) is 30.1 Å². The van der Waals surface area contributed by atoms with Crippen LogP contribution in [0.15, 0.2) is 24.3 Å². The molecule has 3 heterocycles. The maximum absolute atomic E-state index is 12.5. The van der Waals surface area contributed by atoms with Gasteiger partial charge >= 0.3 is 6.03 Å². The summed E-state index contributed by atoms with van der Waals surface area (Å²) in [6.07, 6.45) is 1.66. The lowest BCUT2D eigenvalue weighted by Crippen LogP contribution is -2.48. The number of rotatable bonds is 3. The first-order valence-corrected chi connectivity index (χ1v) is 8.33. The van der Waals surface area contributed by atoms with E-state index in [2.05, 4.69) is 15.6 Å². The smallest absolute Gasteiger partial charge is 0.317 e. The van der Waals surface area contributed by atoms with E-state index in [1.807, 2.05) is 34.1 Å². The molecule has 0 aliphatic carbocycles. The number of amides is 3. The third-order valence-electron chi connectivity index (χ3n) is 4.85. The Morgan fingerprint density at radius 1 is 1.21 bits per heavy atom. The van der Waals surface area contributed by atoms with E-state index in [1.165, 1.54) is 0 Å². The summed E-state index contributed by atoms with van der Waals surface area (Å²) in [7, 11) is 0. The number of urea groups is 1. The fraction of sp³-hybridized carbons (Fsp3) is 0.500. The lowest BCUT2D eigenvalue weighted by Gasteiger charge is -2.36. The predicted molar refractivity (Wildman–Crippen MR) is 87.2 cm³/mol. The molecule has 8 nitrogen and oxygen atoms in total. The molecule has 2 fully saturated rings. The Balaban J connectivity index is 1.37. The van der Waals surface area contributed by atoms with Crippen molar-refractivity contribution >= 4 is 23.0 Å². The summed E-state index contributed by atoms with van der Waals surface area (Å²) in [6, 6.07) is 7.89. The number of nitrogens with one attached hydrogen (secondary N) is 1. The van der Waals surface area contributed by atoms with Gasteiger partial charge in [0.05, 0.1) is 5.52 Å². The number of hydrogen-bond donors (Lipinski definition) is 1. The van der Waals surface area contributed by atoms with Crippen LogP contribution >= 0.6 is 0 Å². The van der Waals surface area contributed by atoms with Crippen molar-refractivity contribution in [3.05, 3.63) is 24.3 Å².